The van der Waals surface area contributed by atoms with Gasteiger partial charge in [-0.15, -0.1) is 5.10 Å². The van der Waals surface area contributed by atoms with Crippen LogP contribution in [0.15, 0.2) is 42.5 Å². The molecule has 1 aromatic heterocycles. The monoisotopic (exact) mass is 431 g/mol. The smallest absolute Gasteiger partial charge is 0.416 e. The van der Waals surface area contributed by atoms with Crippen LogP contribution in [-0.2, 0) is 12.7 Å². The predicted molar refractivity (Wildman–Crippen MR) is 104 cm³/mol. The molecule has 1 saturated heterocycles. The van der Waals surface area contributed by atoms with E-state index in [9.17, 15) is 13.2 Å². The molecule has 1 fully saturated rings. The Balaban J connectivity index is 1.40. The maximum Gasteiger partial charge on any atom is 0.416 e. The first-order valence-electron chi connectivity index (χ1n) is 10.1. The van der Waals surface area contributed by atoms with Crippen LogP contribution in [0.2, 0.25) is 0 Å². The molecule has 0 radical (unpaired) electrons. The number of alkyl halides is 3. The molecule has 5 rings (SSSR count). The summed E-state index contributed by atoms with van der Waals surface area (Å²) in [5, 5.41) is 11.9. The molecule has 0 spiro atoms. The van der Waals surface area contributed by atoms with E-state index in [1.807, 2.05) is 12.1 Å². The highest BCUT2D eigenvalue weighted by Gasteiger charge is 2.32. The second kappa shape index (κ2) is 7.84. The van der Waals surface area contributed by atoms with Crippen LogP contribution < -0.4 is 9.47 Å². The normalized spacial score (nSPS) is 19.0. The number of benzene rings is 2. The summed E-state index contributed by atoms with van der Waals surface area (Å²) in [6.07, 6.45) is -2.41. The lowest BCUT2D eigenvalue weighted by Gasteiger charge is -2.28. The van der Waals surface area contributed by atoms with E-state index < -0.39 is 11.7 Å². The summed E-state index contributed by atoms with van der Waals surface area (Å²) in [5.41, 5.74) is 0.849. The molecule has 162 valence electrons. The largest absolute Gasteiger partial charge is 0.486 e. The van der Waals surface area contributed by atoms with E-state index in [1.165, 1.54) is 16.8 Å². The molecule has 0 N–H and O–H groups in total. The molecule has 0 aliphatic carbocycles. The minimum atomic E-state index is -4.38. The van der Waals surface area contributed by atoms with Crippen molar-refractivity contribution >= 4 is 0 Å². The van der Waals surface area contributed by atoms with Gasteiger partial charge in [0, 0.05) is 11.6 Å². The summed E-state index contributed by atoms with van der Waals surface area (Å²) in [6.45, 7) is 2.37. The Morgan fingerprint density at radius 2 is 1.84 bits per heavy atom. The number of para-hydroxylation sites is 1. The van der Waals surface area contributed by atoms with E-state index >= 15 is 0 Å². The zero-order valence-corrected chi connectivity index (χ0v) is 16.5. The van der Waals surface area contributed by atoms with Gasteiger partial charge in [0.1, 0.15) is 13.2 Å². The van der Waals surface area contributed by atoms with Crippen molar-refractivity contribution in [2.75, 3.05) is 19.8 Å². The number of fused-ring (bicyclic) bond motifs is 1. The first-order valence-corrected chi connectivity index (χ1v) is 10.1. The van der Waals surface area contributed by atoms with Gasteiger partial charge in [0.05, 0.1) is 17.8 Å². The van der Waals surface area contributed by atoms with E-state index in [4.69, 9.17) is 9.47 Å². The molecular formula is C21H20F3N5O2. The first kappa shape index (κ1) is 19.8. The number of aromatic nitrogens is 4. The fraction of sp³-hybridized carbons (Fsp3) is 0.381. The standard InChI is InChI=1S/C21H20F3N5O2/c22-21(23,24)14-6-8-15(9-7-14)29-19(25-26-27-29)13-28-10-2-4-17(28)16-3-1-5-18-20(16)31-12-11-30-18/h1,3,5-9,17H,2,4,10-13H2. The van der Waals surface area contributed by atoms with Crippen LogP contribution in [0.4, 0.5) is 13.2 Å². The molecule has 2 aliphatic heterocycles. The van der Waals surface area contributed by atoms with Gasteiger partial charge in [-0.3, -0.25) is 4.90 Å². The molecule has 3 aromatic rings. The average molecular weight is 431 g/mol. The van der Waals surface area contributed by atoms with Gasteiger partial charge in [0.15, 0.2) is 17.3 Å². The molecule has 2 aliphatic rings. The van der Waals surface area contributed by atoms with Crippen molar-refractivity contribution in [3.05, 3.63) is 59.4 Å². The van der Waals surface area contributed by atoms with Crippen LogP contribution in [0.5, 0.6) is 11.5 Å². The van der Waals surface area contributed by atoms with E-state index in [1.54, 1.807) is 0 Å². The van der Waals surface area contributed by atoms with Gasteiger partial charge in [0.25, 0.3) is 0 Å². The number of nitrogens with zero attached hydrogens (tertiary/aromatic N) is 5. The zero-order valence-electron chi connectivity index (χ0n) is 16.5. The lowest BCUT2D eigenvalue weighted by Crippen LogP contribution is -2.26. The minimum absolute atomic E-state index is 0.120. The van der Waals surface area contributed by atoms with Crippen molar-refractivity contribution in [2.45, 2.75) is 31.6 Å². The molecule has 1 unspecified atom stereocenters. The summed E-state index contributed by atoms with van der Waals surface area (Å²) in [5.74, 6) is 2.10. The van der Waals surface area contributed by atoms with Crippen LogP contribution in [0.25, 0.3) is 5.69 Å². The van der Waals surface area contributed by atoms with Gasteiger partial charge in [-0.05, 0) is 60.1 Å². The lowest BCUT2D eigenvalue weighted by atomic mass is 10.0. The number of halogens is 3. The van der Waals surface area contributed by atoms with Gasteiger partial charge in [-0.25, -0.2) is 0 Å². The average Bonchev–Trinajstić information content (AvgIpc) is 3.43. The topological polar surface area (TPSA) is 65.3 Å². The van der Waals surface area contributed by atoms with Crippen LogP contribution in [0, 0.1) is 0 Å². The summed E-state index contributed by atoms with van der Waals surface area (Å²) in [6, 6.07) is 10.9. The predicted octanol–water partition coefficient (Wildman–Crippen LogP) is 3.79. The number of ether oxygens (including phenoxy) is 2. The SMILES string of the molecule is FC(F)(F)c1ccc(-n2nnnc2CN2CCCC2c2cccc3c2OCCO3)cc1. The second-order valence-electron chi connectivity index (χ2n) is 7.55. The Labute approximate surface area is 176 Å². The fourth-order valence-corrected chi connectivity index (χ4v) is 4.20. The molecule has 2 aromatic carbocycles. The van der Waals surface area contributed by atoms with Gasteiger partial charge >= 0.3 is 6.18 Å². The molecule has 0 saturated carbocycles. The Hall–Kier alpha value is -3.14. The highest BCUT2D eigenvalue weighted by atomic mass is 19.4. The third-order valence-electron chi connectivity index (χ3n) is 5.64. The lowest BCUT2D eigenvalue weighted by molar-refractivity contribution is -0.137. The minimum Gasteiger partial charge on any atom is -0.486 e. The highest BCUT2D eigenvalue weighted by Crippen LogP contribution is 2.43. The van der Waals surface area contributed by atoms with Crippen molar-refractivity contribution < 1.29 is 22.6 Å². The van der Waals surface area contributed by atoms with Crippen molar-refractivity contribution in [1.29, 1.82) is 0 Å². The third kappa shape index (κ3) is 3.83. The van der Waals surface area contributed by atoms with Crippen LogP contribution in [0.1, 0.15) is 35.8 Å². The first-order chi connectivity index (χ1) is 15.0. The van der Waals surface area contributed by atoms with Gasteiger partial charge in [-0.1, -0.05) is 12.1 Å². The molecule has 3 heterocycles. The quantitative estimate of drug-likeness (QED) is 0.626. The molecule has 31 heavy (non-hydrogen) atoms. The molecule has 0 bridgehead atoms. The summed E-state index contributed by atoms with van der Waals surface area (Å²) in [4.78, 5) is 2.26. The maximum atomic E-state index is 12.9. The van der Waals surface area contributed by atoms with E-state index in [0.717, 1.165) is 48.6 Å². The van der Waals surface area contributed by atoms with Gasteiger partial charge in [0.2, 0.25) is 0 Å². The number of hydrogen-bond acceptors (Lipinski definition) is 6. The molecular weight excluding hydrogens is 411 g/mol. The third-order valence-corrected chi connectivity index (χ3v) is 5.64. The summed E-state index contributed by atoms with van der Waals surface area (Å²) < 4.78 is 51.7. The van der Waals surface area contributed by atoms with Crippen molar-refractivity contribution in [2.24, 2.45) is 0 Å². The van der Waals surface area contributed by atoms with E-state index in [-0.39, 0.29) is 6.04 Å². The summed E-state index contributed by atoms with van der Waals surface area (Å²) >= 11 is 0. The maximum absolute atomic E-state index is 12.9. The number of likely N-dealkylation sites (tertiary alicyclic amines) is 1. The fourth-order valence-electron chi connectivity index (χ4n) is 4.20. The second-order valence-corrected chi connectivity index (χ2v) is 7.55. The van der Waals surface area contributed by atoms with Gasteiger partial charge < -0.3 is 9.47 Å². The molecule has 1 atom stereocenters. The number of tetrazole rings is 1. The van der Waals surface area contributed by atoms with Crippen LogP contribution >= 0.6 is 0 Å². The summed E-state index contributed by atoms with van der Waals surface area (Å²) in [7, 11) is 0. The number of hydrogen-bond donors (Lipinski definition) is 0. The molecule has 10 heteroatoms. The Kier molecular flexibility index (Phi) is 5.01. The number of rotatable bonds is 4. The van der Waals surface area contributed by atoms with E-state index in [2.05, 4.69) is 26.5 Å². The van der Waals surface area contributed by atoms with Crippen molar-refractivity contribution in [3.63, 3.8) is 0 Å². The van der Waals surface area contributed by atoms with E-state index in [0.29, 0.717) is 31.3 Å². The van der Waals surface area contributed by atoms with Gasteiger partial charge in [-0.2, -0.15) is 17.9 Å². The van der Waals surface area contributed by atoms with Crippen LogP contribution in [0.3, 0.4) is 0 Å². The molecule has 7 nitrogen and oxygen atoms in total. The Morgan fingerprint density at radius 1 is 1.03 bits per heavy atom. The zero-order chi connectivity index (χ0) is 21.4. The highest BCUT2D eigenvalue weighted by molar-refractivity contribution is 5.49. The Morgan fingerprint density at radius 3 is 2.65 bits per heavy atom. The van der Waals surface area contributed by atoms with Crippen LogP contribution in [-0.4, -0.2) is 44.9 Å². The Bertz CT molecular complexity index is 1070. The van der Waals surface area contributed by atoms with Crippen molar-refractivity contribution in [3.8, 4) is 17.2 Å². The van der Waals surface area contributed by atoms with Crippen molar-refractivity contribution in [1.82, 2.24) is 25.1 Å². The molecule has 0 amide bonds.